The molecule has 0 atom stereocenters. The summed E-state index contributed by atoms with van der Waals surface area (Å²) in [6.07, 6.45) is 0. The molecule has 67 valence electrons. The van der Waals surface area contributed by atoms with Crippen molar-refractivity contribution in [1.29, 1.82) is 0 Å². The van der Waals surface area contributed by atoms with Crippen LogP contribution in [0.1, 0.15) is 21.5 Å². The predicted octanol–water partition coefficient (Wildman–Crippen LogP) is 2.26. The molecule has 0 fully saturated rings. The van der Waals surface area contributed by atoms with E-state index in [0.717, 1.165) is 46.2 Å². The number of carbonyl (C=O) groups is 1. The Balaban J connectivity index is 3.28. The molecule has 0 bridgehead atoms. The van der Waals surface area contributed by atoms with Crippen LogP contribution < -0.4 is 3.26 Å². The van der Waals surface area contributed by atoms with Crippen molar-refractivity contribution in [3.63, 3.8) is 0 Å². The first-order valence-corrected chi connectivity index (χ1v) is 5.82. The number of benzene rings is 1. The molecule has 1 rings (SSSR count). The Morgan fingerprint density at radius 3 is 2.23 bits per heavy atom. The third-order valence-corrected chi connectivity index (χ3v) is 2.85. The van der Waals surface area contributed by atoms with Crippen LogP contribution in [0.25, 0.3) is 0 Å². The quantitative estimate of drug-likeness (QED) is 0.845. The van der Waals surface area contributed by atoms with E-state index in [9.17, 15) is 4.79 Å². The number of amides is 1. The van der Waals surface area contributed by atoms with Gasteiger partial charge in [-0.3, -0.25) is 0 Å². The summed E-state index contributed by atoms with van der Waals surface area (Å²) in [5.74, 6) is 0.0145. The van der Waals surface area contributed by atoms with Crippen LogP contribution in [0.4, 0.5) is 0 Å². The maximum atomic E-state index is 11.5. The molecule has 0 aliphatic rings. The van der Waals surface area contributed by atoms with E-state index in [1.54, 1.807) is 0 Å². The fourth-order valence-corrected chi connectivity index (χ4v) is 2.33. The van der Waals surface area contributed by atoms with Gasteiger partial charge in [-0.1, -0.05) is 0 Å². The van der Waals surface area contributed by atoms with Gasteiger partial charge < -0.3 is 0 Å². The Labute approximate surface area is 101 Å². The van der Waals surface area contributed by atoms with Gasteiger partial charge >= 0.3 is 102 Å². The molecule has 0 radical (unpaired) electrons. The van der Waals surface area contributed by atoms with Crippen LogP contribution in [-0.2, 0) is 25.0 Å². The van der Waals surface area contributed by atoms with E-state index in [1.165, 1.54) is 0 Å². The number of aryl methyl sites for hydroxylation is 2. The van der Waals surface area contributed by atoms with Gasteiger partial charge in [-0.25, -0.2) is 0 Å². The van der Waals surface area contributed by atoms with Crippen molar-refractivity contribution in [2.45, 2.75) is 13.8 Å². The number of hydrogen-bond donors (Lipinski definition) is 1. The third kappa shape index (κ3) is 2.50. The Morgan fingerprint density at radius 2 is 1.85 bits per heavy atom. The number of hydrogen-bond acceptors (Lipinski definition) is 1. The van der Waals surface area contributed by atoms with Crippen LogP contribution in [-0.4, -0.2) is 5.91 Å². The van der Waals surface area contributed by atoms with Crippen LogP contribution in [0.5, 0.6) is 0 Å². The molecule has 0 saturated carbocycles. The topological polar surface area (TPSA) is 29.1 Å². The third-order valence-electron chi connectivity index (χ3n) is 1.84. The monoisotopic (exact) mass is 316 g/mol. The minimum atomic E-state index is 0.0145. The summed E-state index contributed by atoms with van der Waals surface area (Å²) in [6, 6.07) is 3.90. The molecule has 13 heavy (non-hydrogen) atoms. The van der Waals surface area contributed by atoms with Gasteiger partial charge in [0.2, 0.25) is 0 Å². The van der Waals surface area contributed by atoms with E-state index in [1.807, 2.05) is 26.0 Å². The maximum absolute atomic E-state index is 11.5. The van der Waals surface area contributed by atoms with Gasteiger partial charge in [-0.05, 0) is 0 Å². The molecule has 0 saturated heterocycles. The van der Waals surface area contributed by atoms with Gasteiger partial charge in [0.1, 0.15) is 0 Å². The van der Waals surface area contributed by atoms with Crippen LogP contribution in [0.2, 0.25) is 0 Å². The van der Waals surface area contributed by atoms with Gasteiger partial charge in [0.25, 0.3) is 0 Å². The van der Waals surface area contributed by atoms with Crippen LogP contribution in [0.15, 0.2) is 16.6 Å². The van der Waals surface area contributed by atoms with Crippen molar-refractivity contribution in [2.24, 2.45) is 0 Å². The van der Waals surface area contributed by atoms with Gasteiger partial charge in [0.05, 0.1) is 0 Å². The molecular weight excluding hydrogens is 309 g/mol. The molecule has 0 aliphatic carbocycles. The summed E-state index contributed by atoms with van der Waals surface area (Å²) in [7, 11) is 0. The van der Waals surface area contributed by atoms with E-state index in [2.05, 4.69) is 19.2 Å². The first kappa shape index (κ1) is 11.1. The Kier molecular flexibility index (Phi) is 3.87. The summed E-state index contributed by atoms with van der Waals surface area (Å²) < 4.78 is 3.73. The van der Waals surface area contributed by atoms with Crippen molar-refractivity contribution >= 4 is 21.8 Å². The summed E-state index contributed by atoms with van der Waals surface area (Å²) in [4.78, 5) is 11.5. The molecule has 1 N–H and O–H groups in total. The summed E-state index contributed by atoms with van der Waals surface area (Å²) in [5, 5.41) is 0. The molecule has 4 heteroatoms. The molecule has 0 heterocycles. The van der Waals surface area contributed by atoms with Crippen molar-refractivity contribution in [1.82, 2.24) is 3.26 Å². The minimum absolute atomic E-state index is 0.0145. The number of carbonyl (C=O) groups excluding carboxylic acids is 1. The summed E-state index contributed by atoms with van der Waals surface area (Å²) in [5.41, 5.74) is 2.80. The zero-order valence-corrected chi connectivity index (χ0v) is 11.5. The van der Waals surface area contributed by atoms with Crippen molar-refractivity contribution in [2.75, 3.05) is 0 Å². The first-order chi connectivity index (χ1) is 6.06. The molecule has 0 spiro atoms. The first-order valence-electron chi connectivity index (χ1n) is 3.80. The Hall–Kier alpha value is 0.0531. The summed E-state index contributed by atoms with van der Waals surface area (Å²) >= 11 is 4.42. The van der Waals surface area contributed by atoms with E-state index in [0.29, 0.717) is 0 Å². The van der Waals surface area contributed by atoms with Crippen molar-refractivity contribution < 1.29 is 29.8 Å². The van der Waals surface area contributed by atoms with Gasteiger partial charge in [-0.15, -0.1) is 0 Å². The zero-order valence-electron chi connectivity index (χ0n) is 7.44. The fourth-order valence-electron chi connectivity index (χ4n) is 1.33. The average molecular weight is 318 g/mol. The molecular formula is C9H9BrNOZr. The number of nitrogens with one attached hydrogen (secondary N) is 1. The molecule has 0 aromatic heterocycles. The number of rotatable bonds is 1. The van der Waals surface area contributed by atoms with E-state index in [4.69, 9.17) is 0 Å². The van der Waals surface area contributed by atoms with Gasteiger partial charge in [-0.2, -0.15) is 0 Å². The molecule has 1 aromatic rings. The van der Waals surface area contributed by atoms with Gasteiger partial charge in [0.15, 0.2) is 0 Å². The molecule has 2 nitrogen and oxygen atoms in total. The summed E-state index contributed by atoms with van der Waals surface area (Å²) in [6.45, 7) is 3.89. The fraction of sp³-hybridized carbons (Fsp3) is 0.222. The van der Waals surface area contributed by atoms with Gasteiger partial charge in [0, 0.05) is 0 Å². The van der Waals surface area contributed by atoms with Crippen LogP contribution in [0.3, 0.4) is 0 Å². The molecule has 0 aliphatic heterocycles. The van der Waals surface area contributed by atoms with E-state index >= 15 is 0 Å². The zero-order chi connectivity index (χ0) is 10.0. The Morgan fingerprint density at radius 1 is 1.38 bits per heavy atom. The van der Waals surface area contributed by atoms with Crippen molar-refractivity contribution in [3.05, 3.63) is 33.3 Å². The van der Waals surface area contributed by atoms with E-state index < -0.39 is 0 Å². The van der Waals surface area contributed by atoms with E-state index in [-0.39, 0.29) is 5.91 Å². The molecule has 0 unspecified atom stereocenters. The standard InChI is InChI=1S/C9H10BrNO.Zr/c1-5-3-7(10)4-6(2)8(5)9(11)12;/h3-4H,1-2H3,(H2,11,12);/q;+1/p-1. The average Bonchev–Trinajstić information content (AvgIpc) is 2.02. The molecule has 1 amide bonds. The normalized spacial score (nSPS) is 9.69. The van der Waals surface area contributed by atoms with Crippen LogP contribution in [0, 0.1) is 13.8 Å². The second-order valence-electron chi connectivity index (χ2n) is 2.87. The predicted molar refractivity (Wildman–Crippen MR) is 51.1 cm³/mol. The van der Waals surface area contributed by atoms with Crippen molar-refractivity contribution in [3.8, 4) is 0 Å². The SMILES string of the molecule is Cc1cc(Br)cc(C)c1C(=O)[NH][Zr]. The Bertz CT molecular complexity index is 328. The second kappa shape index (κ2) is 4.52. The van der Waals surface area contributed by atoms with Crippen LogP contribution >= 0.6 is 15.9 Å². The number of halogens is 1. The second-order valence-corrected chi connectivity index (χ2v) is 4.40. The molecule has 1 aromatic carbocycles.